The van der Waals surface area contributed by atoms with Crippen LogP contribution in [0.5, 0.6) is 0 Å². The van der Waals surface area contributed by atoms with Crippen molar-refractivity contribution in [1.29, 1.82) is 0 Å². The molecule has 5 nitrogen and oxygen atoms in total. The highest BCUT2D eigenvalue weighted by molar-refractivity contribution is 9.10. The van der Waals surface area contributed by atoms with E-state index in [1.165, 1.54) is 5.56 Å². The number of hydrogen-bond acceptors (Lipinski definition) is 3. The molecule has 4 aromatic rings. The summed E-state index contributed by atoms with van der Waals surface area (Å²) in [5.74, 6) is 0.0440. The summed E-state index contributed by atoms with van der Waals surface area (Å²) < 4.78 is 8.51. The summed E-state index contributed by atoms with van der Waals surface area (Å²) in [4.78, 5) is 12.6. The number of anilines is 1. The lowest BCUT2D eigenvalue weighted by atomic mass is 10.1. The van der Waals surface area contributed by atoms with Crippen LogP contribution in [0.1, 0.15) is 21.7 Å². The average molecular weight is 424 g/mol. The molecular weight excluding hydrogens is 406 g/mol. The highest BCUT2D eigenvalue weighted by Gasteiger charge is 2.18. The van der Waals surface area contributed by atoms with Crippen LogP contribution in [-0.4, -0.2) is 15.7 Å². The van der Waals surface area contributed by atoms with Gasteiger partial charge in [0, 0.05) is 28.2 Å². The summed E-state index contributed by atoms with van der Waals surface area (Å²) in [5, 5.41) is 8.11. The van der Waals surface area contributed by atoms with Gasteiger partial charge in [-0.15, -0.1) is 0 Å². The van der Waals surface area contributed by atoms with Crippen molar-refractivity contribution < 1.29 is 9.21 Å². The van der Waals surface area contributed by atoms with Gasteiger partial charge in [0.1, 0.15) is 5.58 Å². The van der Waals surface area contributed by atoms with Gasteiger partial charge in [-0.05, 0) is 37.1 Å². The molecule has 0 aliphatic rings. The van der Waals surface area contributed by atoms with Crippen LogP contribution in [0.25, 0.3) is 11.0 Å². The van der Waals surface area contributed by atoms with E-state index < -0.39 is 0 Å². The number of nitrogens with one attached hydrogen (secondary N) is 1. The average Bonchev–Trinajstić information content (AvgIpc) is 3.25. The Balaban J connectivity index is 1.46. The third kappa shape index (κ3) is 3.80. The number of nitrogens with zero attached hydrogens (tertiary/aromatic N) is 2. The van der Waals surface area contributed by atoms with Crippen LogP contribution in [-0.2, 0) is 13.0 Å². The summed E-state index contributed by atoms with van der Waals surface area (Å²) >= 11 is 3.45. The topological polar surface area (TPSA) is 60.1 Å². The van der Waals surface area contributed by atoms with Crippen LogP contribution in [0.4, 0.5) is 5.69 Å². The third-order valence-corrected chi connectivity index (χ3v) is 4.96. The molecule has 0 atom stereocenters. The Morgan fingerprint density at radius 2 is 2.04 bits per heavy atom. The maximum atomic E-state index is 12.6. The zero-order valence-corrected chi connectivity index (χ0v) is 16.4. The molecule has 0 fully saturated rings. The van der Waals surface area contributed by atoms with E-state index in [4.69, 9.17) is 4.42 Å². The van der Waals surface area contributed by atoms with E-state index in [0.717, 1.165) is 28.4 Å². The molecule has 4 rings (SSSR count). The van der Waals surface area contributed by atoms with Crippen molar-refractivity contribution in [2.24, 2.45) is 0 Å². The van der Waals surface area contributed by atoms with E-state index >= 15 is 0 Å². The fraction of sp³-hybridized carbons (Fsp3) is 0.143. The number of benzene rings is 2. The number of aryl methyl sites for hydroxylation is 3. The normalized spacial score (nSPS) is 11.0. The second-order valence-electron chi connectivity index (χ2n) is 6.38. The van der Waals surface area contributed by atoms with Gasteiger partial charge >= 0.3 is 0 Å². The molecule has 0 saturated heterocycles. The number of hydrogen-bond donors (Lipinski definition) is 1. The molecule has 27 heavy (non-hydrogen) atoms. The summed E-state index contributed by atoms with van der Waals surface area (Å²) in [7, 11) is 0. The number of aromatic nitrogens is 2. The van der Waals surface area contributed by atoms with Crippen molar-refractivity contribution in [2.75, 3.05) is 5.32 Å². The molecule has 2 aromatic heterocycles. The molecule has 2 heterocycles. The zero-order valence-electron chi connectivity index (χ0n) is 14.8. The highest BCUT2D eigenvalue weighted by atomic mass is 79.9. The predicted molar refractivity (Wildman–Crippen MR) is 109 cm³/mol. The number of halogens is 1. The number of furan rings is 1. The number of fused-ring (bicyclic) bond motifs is 1. The Morgan fingerprint density at radius 3 is 2.85 bits per heavy atom. The van der Waals surface area contributed by atoms with E-state index in [0.29, 0.717) is 17.0 Å². The first-order valence-electron chi connectivity index (χ1n) is 8.66. The summed E-state index contributed by atoms with van der Waals surface area (Å²) in [6.45, 7) is 2.63. The van der Waals surface area contributed by atoms with Crippen molar-refractivity contribution in [1.82, 2.24) is 9.78 Å². The first-order chi connectivity index (χ1) is 13.1. The van der Waals surface area contributed by atoms with Gasteiger partial charge in [0.15, 0.2) is 5.76 Å². The first kappa shape index (κ1) is 17.5. The molecule has 1 amide bonds. The minimum Gasteiger partial charge on any atom is -0.451 e. The molecule has 0 aliphatic carbocycles. The van der Waals surface area contributed by atoms with E-state index in [9.17, 15) is 4.79 Å². The van der Waals surface area contributed by atoms with Gasteiger partial charge in [-0.25, -0.2) is 0 Å². The maximum Gasteiger partial charge on any atom is 0.291 e. The van der Waals surface area contributed by atoms with Crippen molar-refractivity contribution in [3.8, 4) is 0 Å². The number of carbonyl (C=O) groups excluding carboxylic acids is 1. The van der Waals surface area contributed by atoms with E-state index in [1.54, 1.807) is 6.20 Å². The van der Waals surface area contributed by atoms with E-state index in [2.05, 4.69) is 38.5 Å². The van der Waals surface area contributed by atoms with Crippen molar-refractivity contribution in [3.05, 3.63) is 82.3 Å². The van der Waals surface area contributed by atoms with Crippen molar-refractivity contribution >= 4 is 38.5 Å². The monoisotopic (exact) mass is 423 g/mol. The lowest BCUT2D eigenvalue weighted by molar-refractivity contribution is 0.0998. The smallest absolute Gasteiger partial charge is 0.291 e. The summed E-state index contributed by atoms with van der Waals surface area (Å²) in [5.41, 5.74) is 3.41. The Bertz CT molecular complexity index is 1100. The van der Waals surface area contributed by atoms with Crippen LogP contribution >= 0.6 is 15.9 Å². The zero-order chi connectivity index (χ0) is 18.8. The number of amides is 1. The Morgan fingerprint density at radius 1 is 1.22 bits per heavy atom. The molecule has 6 heteroatoms. The third-order valence-electron chi connectivity index (χ3n) is 4.47. The van der Waals surface area contributed by atoms with E-state index in [-0.39, 0.29) is 5.91 Å². The first-order valence-corrected chi connectivity index (χ1v) is 9.46. The summed E-state index contributed by atoms with van der Waals surface area (Å²) in [6, 6.07) is 15.9. The lowest BCUT2D eigenvalue weighted by Crippen LogP contribution is -2.11. The minimum absolute atomic E-state index is 0.276. The fourth-order valence-corrected chi connectivity index (χ4v) is 3.40. The molecule has 0 bridgehead atoms. The largest absolute Gasteiger partial charge is 0.451 e. The van der Waals surface area contributed by atoms with Crippen LogP contribution in [0, 0.1) is 6.92 Å². The van der Waals surface area contributed by atoms with E-state index in [1.807, 2.05) is 54.2 Å². The molecule has 1 N–H and O–H groups in total. The highest BCUT2D eigenvalue weighted by Crippen LogP contribution is 2.28. The quantitative estimate of drug-likeness (QED) is 0.480. The number of carbonyl (C=O) groups is 1. The molecule has 0 aliphatic heterocycles. The van der Waals surface area contributed by atoms with Crippen LogP contribution in [0.15, 0.2) is 69.8 Å². The Kier molecular flexibility index (Phi) is 4.81. The second kappa shape index (κ2) is 7.40. The number of rotatable bonds is 5. The Hall–Kier alpha value is -2.86. The van der Waals surface area contributed by atoms with Crippen molar-refractivity contribution in [3.63, 3.8) is 0 Å². The predicted octanol–water partition coefficient (Wildman–Crippen LogP) is 5.20. The van der Waals surface area contributed by atoms with Gasteiger partial charge in [0.25, 0.3) is 5.91 Å². The lowest BCUT2D eigenvalue weighted by Gasteiger charge is -2.02. The van der Waals surface area contributed by atoms with Gasteiger partial charge in [-0.2, -0.15) is 5.10 Å². The minimum atomic E-state index is -0.276. The van der Waals surface area contributed by atoms with Crippen molar-refractivity contribution in [2.45, 2.75) is 19.9 Å². The van der Waals surface area contributed by atoms with Gasteiger partial charge in [0.2, 0.25) is 0 Å². The molecular formula is C21H18BrN3O2. The molecule has 2 aromatic carbocycles. The molecule has 0 spiro atoms. The molecule has 0 radical (unpaired) electrons. The van der Waals surface area contributed by atoms with Gasteiger partial charge in [-0.3, -0.25) is 9.48 Å². The standard InChI is InChI=1S/C21H18BrN3O2/c1-14-18-11-16(22)7-8-19(18)27-20(14)21(26)24-17-12-23-25(13-17)10-9-15-5-3-2-4-6-15/h2-8,11-13H,9-10H2,1H3,(H,24,26). The molecule has 0 unspecified atom stereocenters. The van der Waals surface area contributed by atoms with Gasteiger partial charge < -0.3 is 9.73 Å². The van der Waals surface area contributed by atoms with Gasteiger partial charge in [-0.1, -0.05) is 46.3 Å². The summed E-state index contributed by atoms with van der Waals surface area (Å²) in [6.07, 6.45) is 4.36. The van der Waals surface area contributed by atoms with Gasteiger partial charge in [0.05, 0.1) is 11.9 Å². The SMILES string of the molecule is Cc1c(C(=O)Nc2cnn(CCc3ccccc3)c2)oc2ccc(Br)cc12. The van der Waals surface area contributed by atoms with Crippen LogP contribution < -0.4 is 5.32 Å². The molecule has 0 saturated carbocycles. The van der Waals surface area contributed by atoms with Crippen LogP contribution in [0.3, 0.4) is 0 Å². The fourth-order valence-electron chi connectivity index (χ4n) is 3.04. The van der Waals surface area contributed by atoms with Crippen LogP contribution in [0.2, 0.25) is 0 Å². The molecule has 136 valence electrons. The second-order valence-corrected chi connectivity index (χ2v) is 7.29. The maximum absolute atomic E-state index is 12.6. The Labute approximate surface area is 165 Å².